The standard InChI is InChI=1S/C19H17F3N2O3/c1-23-17(25)3-2-12-24-18(26)13-4-8-15(9-5-13)27-16-10-6-14(7-11-16)19(20,21)22/h2-11H,12H2,1H3,(H,23,25)(H,24,26)/b3-2+. The number of ether oxygens (including phenoxy) is 1. The summed E-state index contributed by atoms with van der Waals surface area (Å²) in [6.07, 6.45) is -1.58. The van der Waals surface area contributed by atoms with Crippen LogP contribution in [0.3, 0.4) is 0 Å². The van der Waals surface area contributed by atoms with Gasteiger partial charge in [0.2, 0.25) is 5.91 Å². The molecule has 5 nitrogen and oxygen atoms in total. The van der Waals surface area contributed by atoms with Gasteiger partial charge in [-0.1, -0.05) is 6.08 Å². The lowest BCUT2D eigenvalue weighted by molar-refractivity contribution is -0.137. The van der Waals surface area contributed by atoms with E-state index in [2.05, 4.69) is 10.6 Å². The Bertz CT molecular complexity index is 814. The van der Waals surface area contributed by atoms with E-state index in [4.69, 9.17) is 4.74 Å². The Hall–Kier alpha value is -3.29. The molecule has 0 heterocycles. The Labute approximate surface area is 153 Å². The van der Waals surface area contributed by atoms with E-state index in [1.54, 1.807) is 0 Å². The van der Waals surface area contributed by atoms with Crippen molar-refractivity contribution in [2.75, 3.05) is 13.6 Å². The van der Waals surface area contributed by atoms with Gasteiger partial charge in [-0.05, 0) is 48.5 Å². The molecule has 0 atom stereocenters. The van der Waals surface area contributed by atoms with Crippen molar-refractivity contribution >= 4 is 11.8 Å². The number of hydrogen-bond donors (Lipinski definition) is 2. The maximum atomic E-state index is 12.5. The highest BCUT2D eigenvalue weighted by Gasteiger charge is 2.30. The molecule has 0 fully saturated rings. The predicted octanol–water partition coefficient (Wildman–Crippen LogP) is 3.53. The topological polar surface area (TPSA) is 67.4 Å². The van der Waals surface area contributed by atoms with Crippen LogP contribution in [0.4, 0.5) is 13.2 Å². The summed E-state index contributed by atoms with van der Waals surface area (Å²) in [5.74, 6) is 0.0250. The van der Waals surface area contributed by atoms with Gasteiger partial charge in [0.25, 0.3) is 5.91 Å². The first-order valence-electron chi connectivity index (χ1n) is 7.91. The van der Waals surface area contributed by atoms with E-state index in [9.17, 15) is 22.8 Å². The van der Waals surface area contributed by atoms with Crippen molar-refractivity contribution in [3.8, 4) is 11.5 Å². The highest BCUT2D eigenvalue weighted by atomic mass is 19.4. The van der Waals surface area contributed by atoms with E-state index in [0.29, 0.717) is 11.3 Å². The molecule has 2 aromatic carbocycles. The van der Waals surface area contributed by atoms with Crippen molar-refractivity contribution in [1.29, 1.82) is 0 Å². The summed E-state index contributed by atoms with van der Waals surface area (Å²) in [5.41, 5.74) is -0.379. The third-order valence-electron chi connectivity index (χ3n) is 3.43. The minimum absolute atomic E-state index is 0.191. The average Bonchev–Trinajstić information content (AvgIpc) is 2.65. The molecule has 8 heteroatoms. The molecular weight excluding hydrogens is 361 g/mol. The molecule has 0 aliphatic carbocycles. The molecule has 0 bridgehead atoms. The van der Waals surface area contributed by atoms with Crippen LogP contribution in [0.15, 0.2) is 60.7 Å². The minimum Gasteiger partial charge on any atom is -0.457 e. The van der Waals surface area contributed by atoms with E-state index in [1.165, 1.54) is 55.6 Å². The first-order chi connectivity index (χ1) is 12.8. The number of amides is 2. The van der Waals surface area contributed by atoms with Gasteiger partial charge in [-0.25, -0.2) is 0 Å². The predicted molar refractivity (Wildman–Crippen MR) is 93.5 cm³/mol. The molecule has 0 saturated heterocycles. The third kappa shape index (κ3) is 6.18. The third-order valence-corrected chi connectivity index (χ3v) is 3.43. The Morgan fingerprint density at radius 1 is 1.00 bits per heavy atom. The maximum Gasteiger partial charge on any atom is 0.416 e. The Morgan fingerprint density at radius 2 is 1.56 bits per heavy atom. The zero-order chi connectivity index (χ0) is 19.9. The largest absolute Gasteiger partial charge is 0.457 e. The molecule has 0 radical (unpaired) electrons. The summed E-state index contributed by atoms with van der Waals surface area (Å²) in [6.45, 7) is 0.191. The second kappa shape index (κ2) is 8.88. The van der Waals surface area contributed by atoms with Crippen molar-refractivity contribution < 1.29 is 27.5 Å². The number of likely N-dealkylation sites (N-methyl/N-ethyl adjacent to an activating group) is 1. The van der Waals surface area contributed by atoms with Gasteiger partial charge in [0.1, 0.15) is 11.5 Å². The van der Waals surface area contributed by atoms with Crippen LogP contribution >= 0.6 is 0 Å². The van der Waals surface area contributed by atoms with E-state index < -0.39 is 11.7 Å². The minimum atomic E-state index is -4.40. The normalized spacial score (nSPS) is 11.3. The van der Waals surface area contributed by atoms with Gasteiger partial charge >= 0.3 is 6.18 Å². The second-order valence-electron chi connectivity index (χ2n) is 5.38. The molecule has 142 valence electrons. The molecule has 0 saturated carbocycles. The molecule has 0 aromatic heterocycles. The summed E-state index contributed by atoms with van der Waals surface area (Å²) < 4.78 is 43.1. The Morgan fingerprint density at radius 3 is 2.07 bits per heavy atom. The van der Waals surface area contributed by atoms with Crippen LogP contribution in [0.5, 0.6) is 11.5 Å². The molecule has 0 unspecified atom stereocenters. The van der Waals surface area contributed by atoms with Crippen LogP contribution in [-0.2, 0) is 11.0 Å². The van der Waals surface area contributed by atoms with Crippen molar-refractivity contribution in [2.24, 2.45) is 0 Å². The molecule has 0 spiro atoms. The van der Waals surface area contributed by atoms with Crippen molar-refractivity contribution in [1.82, 2.24) is 10.6 Å². The van der Waals surface area contributed by atoms with Crippen molar-refractivity contribution in [3.05, 3.63) is 71.8 Å². The van der Waals surface area contributed by atoms with Gasteiger partial charge in [0.05, 0.1) is 5.56 Å². The van der Waals surface area contributed by atoms with E-state index >= 15 is 0 Å². The Balaban J connectivity index is 1.92. The van der Waals surface area contributed by atoms with Crippen LogP contribution in [0.25, 0.3) is 0 Å². The zero-order valence-corrected chi connectivity index (χ0v) is 14.3. The lowest BCUT2D eigenvalue weighted by atomic mass is 10.2. The summed E-state index contributed by atoms with van der Waals surface area (Å²) in [7, 11) is 1.50. The Kier molecular flexibility index (Phi) is 6.59. The highest BCUT2D eigenvalue weighted by molar-refractivity contribution is 5.94. The average molecular weight is 378 g/mol. The number of nitrogens with one attached hydrogen (secondary N) is 2. The highest BCUT2D eigenvalue weighted by Crippen LogP contribution is 2.31. The second-order valence-corrected chi connectivity index (χ2v) is 5.38. The van der Waals surface area contributed by atoms with E-state index in [1.807, 2.05) is 0 Å². The van der Waals surface area contributed by atoms with Crippen LogP contribution in [0.2, 0.25) is 0 Å². The molecule has 0 aliphatic rings. The summed E-state index contributed by atoms with van der Waals surface area (Å²) >= 11 is 0. The van der Waals surface area contributed by atoms with E-state index in [-0.39, 0.29) is 24.1 Å². The smallest absolute Gasteiger partial charge is 0.416 e. The lowest BCUT2D eigenvalue weighted by Gasteiger charge is -2.09. The van der Waals surface area contributed by atoms with E-state index in [0.717, 1.165) is 12.1 Å². The molecule has 2 N–H and O–H groups in total. The van der Waals surface area contributed by atoms with Crippen LogP contribution < -0.4 is 15.4 Å². The van der Waals surface area contributed by atoms with Gasteiger partial charge in [0, 0.05) is 25.2 Å². The zero-order valence-electron chi connectivity index (χ0n) is 14.3. The number of carbonyl (C=O) groups excluding carboxylic acids is 2. The number of alkyl halides is 3. The molecule has 2 amide bonds. The van der Waals surface area contributed by atoms with Crippen LogP contribution in [0, 0.1) is 0 Å². The fourth-order valence-corrected chi connectivity index (χ4v) is 2.03. The van der Waals surface area contributed by atoms with Crippen LogP contribution in [0.1, 0.15) is 15.9 Å². The summed E-state index contributed by atoms with van der Waals surface area (Å²) in [6, 6.07) is 10.4. The molecule has 27 heavy (non-hydrogen) atoms. The molecule has 0 aliphatic heterocycles. The SMILES string of the molecule is CNC(=O)/C=C/CNC(=O)c1ccc(Oc2ccc(C(F)(F)F)cc2)cc1. The van der Waals surface area contributed by atoms with Crippen molar-refractivity contribution in [3.63, 3.8) is 0 Å². The fraction of sp³-hybridized carbons (Fsp3) is 0.158. The van der Waals surface area contributed by atoms with Crippen LogP contribution in [-0.4, -0.2) is 25.4 Å². The first kappa shape index (κ1) is 20.0. The van der Waals surface area contributed by atoms with Gasteiger partial charge in [-0.3, -0.25) is 9.59 Å². The molecule has 2 rings (SSSR count). The first-order valence-corrected chi connectivity index (χ1v) is 7.91. The number of rotatable bonds is 6. The van der Waals surface area contributed by atoms with Crippen molar-refractivity contribution in [2.45, 2.75) is 6.18 Å². The number of hydrogen-bond acceptors (Lipinski definition) is 3. The monoisotopic (exact) mass is 378 g/mol. The lowest BCUT2D eigenvalue weighted by Crippen LogP contribution is -2.23. The van der Waals surface area contributed by atoms with Gasteiger partial charge in [0.15, 0.2) is 0 Å². The number of halogens is 3. The quantitative estimate of drug-likeness (QED) is 0.756. The molecular formula is C19H17F3N2O3. The summed E-state index contributed by atoms with van der Waals surface area (Å²) in [4.78, 5) is 23.0. The number of benzene rings is 2. The summed E-state index contributed by atoms with van der Waals surface area (Å²) in [5, 5.41) is 5.03. The maximum absolute atomic E-state index is 12.5. The van der Waals surface area contributed by atoms with Gasteiger partial charge in [-0.15, -0.1) is 0 Å². The fourth-order valence-electron chi connectivity index (χ4n) is 2.03. The van der Waals surface area contributed by atoms with Gasteiger partial charge < -0.3 is 15.4 Å². The van der Waals surface area contributed by atoms with Gasteiger partial charge in [-0.2, -0.15) is 13.2 Å². The number of carbonyl (C=O) groups is 2. The molecule has 2 aromatic rings.